The third kappa shape index (κ3) is 9.72. The van der Waals surface area contributed by atoms with Gasteiger partial charge < -0.3 is 19.0 Å². The molecule has 37 heavy (non-hydrogen) atoms. The van der Waals surface area contributed by atoms with Gasteiger partial charge in [0.1, 0.15) is 6.61 Å². The van der Waals surface area contributed by atoms with Crippen LogP contribution >= 0.6 is 0 Å². The number of rotatable bonds is 14. The van der Waals surface area contributed by atoms with Crippen molar-refractivity contribution >= 4 is 20.3 Å². The molecule has 2 rings (SSSR count). The normalized spacial score (nSPS) is 13.7. The third-order valence-corrected chi connectivity index (χ3v) is 11.6. The van der Waals surface area contributed by atoms with E-state index in [1.807, 2.05) is 64.2 Å². The molecule has 0 aliphatic rings. The van der Waals surface area contributed by atoms with Gasteiger partial charge in [0.25, 0.3) is 0 Å². The Hall–Kier alpha value is -2.48. The van der Waals surface area contributed by atoms with Crippen LogP contribution in [0.1, 0.15) is 62.3 Å². The van der Waals surface area contributed by atoms with E-state index in [0.717, 1.165) is 24.8 Å². The second-order valence-electron chi connectivity index (χ2n) is 11.3. The Morgan fingerprint density at radius 3 is 2.16 bits per heavy atom. The molecule has 0 aromatic heterocycles. The molecule has 2 atom stereocenters. The van der Waals surface area contributed by atoms with Gasteiger partial charge in [-0.1, -0.05) is 75.7 Å². The molecule has 0 heterocycles. The zero-order chi connectivity index (χ0) is 27.6. The second-order valence-corrected chi connectivity index (χ2v) is 16.0. The molecule has 204 valence electrons. The highest BCUT2D eigenvalue weighted by atomic mass is 28.4. The molecule has 0 radical (unpaired) electrons. The van der Waals surface area contributed by atoms with Crippen LogP contribution < -0.4 is 0 Å². The zero-order valence-electron chi connectivity index (χ0n) is 23.5. The van der Waals surface area contributed by atoms with Crippen molar-refractivity contribution in [2.24, 2.45) is 0 Å². The number of carboxylic acid groups (broad SMARTS) is 1. The number of hydrogen-bond acceptors (Lipinski definition) is 5. The topological polar surface area (TPSA) is 82.1 Å². The summed E-state index contributed by atoms with van der Waals surface area (Å²) in [5.41, 5.74) is 4.70. The van der Waals surface area contributed by atoms with E-state index in [2.05, 4.69) is 32.0 Å². The number of hydrogen-bond donors (Lipinski definition) is 1. The fourth-order valence-corrected chi connectivity index (χ4v) is 4.82. The first-order chi connectivity index (χ1) is 17.3. The van der Waals surface area contributed by atoms with Crippen LogP contribution in [0.15, 0.2) is 48.5 Å². The van der Waals surface area contributed by atoms with Crippen molar-refractivity contribution in [1.29, 1.82) is 0 Å². The number of carboxylic acids is 1. The van der Waals surface area contributed by atoms with Crippen LogP contribution in [0.4, 0.5) is 0 Å². The van der Waals surface area contributed by atoms with Crippen LogP contribution in [0.2, 0.25) is 18.1 Å². The maximum absolute atomic E-state index is 13.1. The molecule has 0 saturated carbocycles. The van der Waals surface area contributed by atoms with E-state index in [4.69, 9.17) is 13.9 Å². The molecule has 0 aliphatic heterocycles. The maximum Gasteiger partial charge on any atom is 0.338 e. The van der Waals surface area contributed by atoms with Crippen LogP contribution in [0.25, 0.3) is 0 Å². The summed E-state index contributed by atoms with van der Waals surface area (Å²) in [7, 11) is -2.50. The van der Waals surface area contributed by atoms with Gasteiger partial charge in [-0.3, -0.25) is 0 Å². The van der Waals surface area contributed by atoms with Crippen LogP contribution in [0.5, 0.6) is 0 Å². The number of unbranched alkanes of at least 4 members (excludes halogenated alkanes) is 2. The fourth-order valence-electron chi connectivity index (χ4n) is 3.60. The minimum atomic E-state index is -2.50. The lowest BCUT2D eigenvalue weighted by Crippen LogP contribution is -2.53. The van der Waals surface area contributed by atoms with E-state index in [9.17, 15) is 14.7 Å². The summed E-state index contributed by atoms with van der Waals surface area (Å²) >= 11 is 0. The van der Waals surface area contributed by atoms with Crippen molar-refractivity contribution in [3.63, 3.8) is 0 Å². The molecule has 1 N–H and O–H groups in total. The van der Waals surface area contributed by atoms with Crippen molar-refractivity contribution < 1.29 is 28.6 Å². The molecule has 0 spiro atoms. The number of aryl methyl sites for hydroxylation is 3. The first-order valence-electron chi connectivity index (χ1n) is 13.1. The van der Waals surface area contributed by atoms with Gasteiger partial charge >= 0.3 is 11.9 Å². The van der Waals surface area contributed by atoms with Gasteiger partial charge in [0, 0.05) is 6.61 Å². The Kier molecular flexibility index (Phi) is 11.5. The smallest absolute Gasteiger partial charge is 0.338 e. The molecule has 6 nitrogen and oxygen atoms in total. The quantitative estimate of drug-likeness (QED) is 0.169. The van der Waals surface area contributed by atoms with Crippen LogP contribution in [0, 0.1) is 13.8 Å². The third-order valence-electron chi connectivity index (χ3n) is 7.18. The molecule has 7 heteroatoms. The molecular formula is C30H44O6Si. The molecule has 0 aliphatic carbocycles. The highest BCUT2D eigenvalue weighted by molar-refractivity contribution is 6.74. The van der Waals surface area contributed by atoms with E-state index >= 15 is 0 Å². The molecule has 2 aromatic rings. The van der Waals surface area contributed by atoms with Crippen LogP contribution in [-0.4, -0.2) is 44.2 Å². The summed E-state index contributed by atoms with van der Waals surface area (Å²) < 4.78 is 17.6. The van der Waals surface area contributed by atoms with E-state index in [1.54, 1.807) is 0 Å². The highest BCUT2D eigenvalue weighted by Gasteiger charge is 2.46. The number of esters is 1. The van der Waals surface area contributed by atoms with Crippen molar-refractivity contribution in [3.05, 3.63) is 70.8 Å². The van der Waals surface area contributed by atoms with Crippen molar-refractivity contribution in [3.8, 4) is 0 Å². The lowest BCUT2D eigenvalue weighted by molar-refractivity contribution is -0.175. The molecule has 0 amide bonds. The molecular weight excluding hydrogens is 484 g/mol. The molecule has 2 unspecified atom stereocenters. The van der Waals surface area contributed by atoms with E-state index in [1.165, 1.54) is 16.7 Å². The SMILES string of the molecule is Cc1ccc(CCCCCOC(C(=O)OCc2ccccc2)C(O[Si](C)(C)C(C)(C)C)C(=O)O)cc1C. The lowest BCUT2D eigenvalue weighted by atomic mass is 10.0. The Labute approximate surface area is 223 Å². The number of benzene rings is 2. The number of ether oxygens (including phenoxy) is 2. The Morgan fingerprint density at radius 1 is 0.892 bits per heavy atom. The molecule has 2 aromatic carbocycles. The first kappa shape index (κ1) is 30.7. The summed E-state index contributed by atoms with van der Waals surface area (Å²) in [5, 5.41) is 9.80. The summed E-state index contributed by atoms with van der Waals surface area (Å²) in [6.07, 6.45) is 0.794. The van der Waals surface area contributed by atoms with Gasteiger partial charge in [-0.05, 0) is 73.5 Å². The van der Waals surface area contributed by atoms with Gasteiger partial charge in [-0.2, -0.15) is 0 Å². The van der Waals surface area contributed by atoms with Gasteiger partial charge in [0.2, 0.25) is 0 Å². The Balaban J connectivity index is 2.02. The largest absolute Gasteiger partial charge is 0.479 e. The molecule has 0 fully saturated rings. The highest BCUT2D eigenvalue weighted by Crippen LogP contribution is 2.38. The summed E-state index contributed by atoms with van der Waals surface area (Å²) in [6.45, 7) is 14.5. The zero-order valence-corrected chi connectivity index (χ0v) is 24.5. The van der Waals surface area contributed by atoms with Crippen molar-refractivity contribution in [2.45, 2.75) is 97.2 Å². The predicted molar refractivity (Wildman–Crippen MR) is 149 cm³/mol. The van der Waals surface area contributed by atoms with Gasteiger partial charge in [-0.25, -0.2) is 9.59 Å². The Morgan fingerprint density at radius 2 is 1.57 bits per heavy atom. The van der Waals surface area contributed by atoms with E-state index < -0.39 is 32.5 Å². The monoisotopic (exact) mass is 528 g/mol. The van der Waals surface area contributed by atoms with Gasteiger partial charge in [0.05, 0.1) is 0 Å². The van der Waals surface area contributed by atoms with E-state index in [-0.39, 0.29) is 18.3 Å². The maximum atomic E-state index is 13.1. The fraction of sp³-hybridized carbons (Fsp3) is 0.533. The standard InChI is InChI=1S/C30H44O6Si/c1-22-17-18-24(20-23(22)2)14-12-9-13-19-34-27(29(33)35-21-25-15-10-8-11-16-25)26(28(31)32)36-37(6,7)30(3,4)5/h8,10-11,15-18,20,26-27H,9,12-14,19,21H2,1-7H3,(H,31,32). The molecule has 0 saturated heterocycles. The first-order valence-corrected chi connectivity index (χ1v) is 16.0. The van der Waals surface area contributed by atoms with Crippen molar-refractivity contribution in [1.82, 2.24) is 0 Å². The minimum absolute atomic E-state index is 0.0436. The van der Waals surface area contributed by atoms with E-state index in [0.29, 0.717) is 6.42 Å². The average molecular weight is 529 g/mol. The van der Waals surface area contributed by atoms with Crippen LogP contribution in [-0.2, 0) is 36.5 Å². The predicted octanol–water partition coefficient (Wildman–Crippen LogP) is 6.62. The minimum Gasteiger partial charge on any atom is -0.479 e. The average Bonchev–Trinajstić information content (AvgIpc) is 2.83. The van der Waals surface area contributed by atoms with Gasteiger partial charge in [-0.15, -0.1) is 0 Å². The van der Waals surface area contributed by atoms with Gasteiger partial charge in [0.15, 0.2) is 20.5 Å². The molecule has 0 bridgehead atoms. The summed E-state index contributed by atoms with van der Waals surface area (Å²) in [6, 6.07) is 15.8. The number of aliphatic carboxylic acids is 1. The lowest BCUT2D eigenvalue weighted by Gasteiger charge is -2.39. The van der Waals surface area contributed by atoms with Crippen molar-refractivity contribution in [2.75, 3.05) is 6.61 Å². The summed E-state index contributed by atoms with van der Waals surface area (Å²) in [5.74, 6) is -1.94. The summed E-state index contributed by atoms with van der Waals surface area (Å²) in [4.78, 5) is 25.4. The van der Waals surface area contributed by atoms with Crippen LogP contribution in [0.3, 0.4) is 0 Å². The number of carbonyl (C=O) groups excluding carboxylic acids is 1. The second kappa shape index (κ2) is 13.9. The number of carbonyl (C=O) groups is 2. The Bertz CT molecular complexity index is 1010.